The van der Waals surface area contributed by atoms with Crippen LogP contribution in [0.5, 0.6) is 0 Å². The molecule has 90 valence electrons. The second-order valence-electron chi connectivity index (χ2n) is 3.78. The van der Waals surface area contributed by atoms with Gasteiger partial charge < -0.3 is 4.57 Å². The van der Waals surface area contributed by atoms with Crippen molar-refractivity contribution in [2.75, 3.05) is 0 Å². The maximum Gasteiger partial charge on any atom is 0.182 e. The zero-order valence-corrected chi connectivity index (χ0v) is 10.8. The molecule has 0 spiro atoms. The normalized spacial score (nSPS) is 10.8. The molecule has 0 aliphatic heterocycles. The lowest BCUT2D eigenvalue weighted by Crippen LogP contribution is -2.12. The summed E-state index contributed by atoms with van der Waals surface area (Å²) in [7, 11) is 0. The average Bonchev–Trinajstić information content (AvgIpc) is 2.66. The highest BCUT2D eigenvalue weighted by Gasteiger charge is 2.12. The predicted molar refractivity (Wildman–Crippen MR) is 68.6 cm³/mol. The highest BCUT2D eigenvalue weighted by atomic mass is 32.1. The lowest BCUT2D eigenvalue weighted by Gasteiger charge is -2.08. The van der Waals surface area contributed by atoms with E-state index in [0.29, 0.717) is 4.80 Å². The summed E-state index contributed by atoms with van der Waals surface area (Å²) < 4.78 is 14.9. The van der Waals surface area contributed by atoms with Gasteiger partial charge in [0.2, 0.25) is 0 Å². The van der Waals surface area contributed by atoms with Crippen LogP contribution in [0.1, 0.15) is 18.7 Å². The summed E-state index contributed by atoms with van der Waals surface area (Å²) in [6.45, 7) is 4.87. The van der Waals surface area contributed by atoms with E-state index in [2.05, 4.69) is 6.92 Å². The van der Waals surface area contributed by atoms with Gasteiger partial charge in [-0.15, -0.1) is 11.3 Å². The molecule has 0 atom stereocenters. The van der Waals surface area contributed by atoms with Crippen LogP contribution in [-0.4, -0.2) is 4.57 Å². The van der Waals surface area contributed by atoms with Gasteiger partial charge in [0.05, 0.1) is 5.69 Å². The summed E-state index contributed by atoms with van der Waals surface area (Å²) in [4.78, 5) is 1.74. The number of aromatic nitrogens is 1. The van der Waals surface area contributed by atoms with Crippen LogP contribution in [-0.2, 0) is 13.0 Å². The van der Waals surface area contributed by atoms with Crippen molar-refractivity contribution in [3.8, 4) is 11.3 Å². The Balaban J connectivity index is 2.64. The number of aryl methyl sites for hydroxylation is 1. The minimum absolute atomic E-state index is 0.226. The van der Waals surface area contributed by atoms with Crippen LogP contribution in [0.2, 0.25) is 0 Å². The Hall–Kier alpha value is -1.42. The van der Waals surface area contributed by atoms with Gasteiger partial charge in [-0.25, -0.2) is 4.39 Å². The van der Waals surface area contributed by atoms with Gasteiger partial charge in [-0.3, -0.25) is 5.41 Å². The molecule has 0 saturated carbocycles. The number of nitrogens with zero attached hydrogens (tertiary/aromatic N) is 1. The van der Waals surface area contributed by atoms with Gasteiger partial charge in [-0.2, -0.15) is 0 Å². The molecule has 0 aliphatic carbocycles. The molecule has 0 radical (unpaired) electrons. The smallest absolute Gasteiger partial charge is 0.182 e. The molecule has 1 aromatic heterocycles. The zero-order chi connectivity index (χ0) is 12.4. The lowest BCUT2D eigenvalue weighted by atomic mass is 10.1. The van der Waals surface area contributed by atoms with Crippen LogP contribution in [0.25, 0.3) is 11.3 Å². The number of hydrogen-bond acceptors (Lipinski definition) is 2. The van der Waals surface area contributed by atoms with Crippen LogP contribution >= 0.6 is 11.3 Å². The molecular weight excluding hydrogens is 235 g/mol. The van der Waals surface area contributed by atoms with Crippen molar-refractivity contribution in [2.24, 2.45) is 0 Å². The van der Waals surface area contributed by atoms with E-state index in [4.69, 9.17) is 5.41 Å². The Labute approximate surface area is 104 Å². The van der Waals surface area contributed by atoms with Crippen LogP contribution < -0.4 is 4.80 Å². The van der Waals surface area contributed by atoms with Gasteiger partial charge in [0, 0.05) is 11.4 Å². The highest BCUT2D eigenvalue weighted by molar-refractivity contribution is 7.09. The molecule has 0 unspecified atom stereocenters. The molecular formula is C13H15FN2S. The van der Waals surface area contributed by atoms with Gasteiger partial charge in [-0.05, 0) is 43.2 Å². The van der Waals surface area contributed by atoms with E-state index in [-0.39, 0.29) is 5.82 Å². The predicted octanol–water partition coefficient (Wildman–Crippen LogP) is 3.42. The molecule has 17 heavy (non-hydrogen) atoms. The molecule has 2 aromatic rings. The van der Waals surface area contributed by atoms with E-state index in [0.717, 1.165) is 24.2 Å². The van der Waals surface area contributed by atoms with Crippen molar-refractivity contribution in [2.45, 2.75) is 26.8 Å². The third kappa shape index (κ3) is 2.17. The van der Waals surface area contributed by atoms with Crippen molar-refractivity contribution in [1.82, 2.24) is 4.57 Å². The standard InChI is InChI=1S/C13H15FN2S/c1-3-11-12(16(4-2)13(15)17-11)9-5-7-10(14)8-6-9/h5-8,15H,3-4H2,1-2H3. The summed E-state index contributed by atoms with van der Waals surface area (Å²) >= 11 is 1.50. The van der Waals surface area contributed by atoms with Crippen LogP contribution in [0.15, 0.2) is 24.3 Å². The van der Waals surface area contributed by atoms with Crippen molar-refractivity contribution in [3.63, 3.8) is 0 Å². The van der Waals surface area contributed by atoms with E-state index in [1.165, 1.54) is 28.3 Å². The molecule has 0 fully saturated rings. The molecule has 1 N–H and O–H groups in total. The fourth-order valence-electron chi connectivity index (χ4n) is 1.94. The molecule has 2 rings (SSSR count). The van der Waals surface area contributed by atoms with E-state index in [1.54, 1.807) is 12.1 Å². The number of halogens is 1. The quantitative estimate of drug-likeness (QED) is 0.865. The largest absolute Gasteiger partial charge is 0.317 e. The molecule has 1 heterocycles. The number of hydrogen-bond donors (Lipinski definition) is 1. The summed E-state index contributed by atoms with van der Waals surface area (Å²) in [5.74, 6) is -0.226. The molecule has 2 nitrogen and oxygen atoms in total. The van der Waals surface area contributed by atoms with Crippen LogP contribution in [0.3, 0.4) is 0 Å². The molecule has 4 heteroatoms. The third-order valence-corrected chi connectivity index (χ3v) is 3.90. The van der Waals surface area contributed by atoms with Gasteiger partial charge in [0.1, 0.15) is 5.82 Å². The number of thiazole rings is 1. The van der Waals surface area contributed by atoms with Crippen molar-refractivity contribution in [3.05, 3.63) is 39.8 Å². The minimum atomic E-state index is -0.226. The first-order chi connectivity index (χ1) is 8.17. The van der Waals surface area contributed by atoms with Gasteiger partial charge in [0.15, 0.2) is 4.80 Å². The monoisotopic (exact) mass is 250 g/mol. The van der Waals surface area contributed by atoms with Crippen LogP contribution in [0.4, 0.5) is 4.39 Å². The molecule has 1 aromatic carbocycles. The number of rotatable bonds is 3. The molecule has 0 aliphatic rings. The summed E-state index contributed by atoms with van der Waals surface area (Å²) in [5, 5.41) is 7.93. The SMILES string of the molecule is CCc1sc(=N)n(CC)c1-c1ccc(F)cc1. The van der Waals surface area contributed by atoms with Gasteiger partial charge >= 0.3 is 0 Å². The Morgan fingerprint density at radius 1 is 1.24 bits per heavy atom. The maximum atomic E-state index is 12.9. The first-order valence-corrected chi connectivity index (χ1v) is 6.52. The lowest BCUT2D eigenvalue weighted by molar-refractivity contribution is 0.628. The van der Waals surface area contributed by atoms with E-state index in [1.807, 2.05) is 11.5 Å². The fourth-order valence-corrected chi connectivity index (χ4v) is 2.97. The van der Waals surface area contributed by atoms with Crippen LogP contribution in [0, 0.1) is 11.2 Å². The van der Waals surface area contributed by atoms with Crippen molar-refractivity contribution < 1.29 is 4.39 Å². The first kappa shape index (κ1) is 12.0. The number of benzene rings is 1. The molecule has 0 bridgehead atoms. The van der Waals surface area contributed by atoms with E-state index in [9.17, 15) is 4.39 Å². The fraction of sp³-hybridized carbons (Fsp3) is 0.308. The molecule has 0 saturated heterocycles. The summed E-state index contributed by atoms with van der Waals surface area (Å²) in [5.41, 5.74) is 2.05. The second kappa shape index (κ2) is 4.84. The maximum absolute atomic E-state index is 12.9. The average molecular weight is 250 g/mol. The van der Waals surface area contributed by atoms with Gasteiger partial charge in [0.25, 0.3) is 0 Å². The third-order valence-electron chi connectivity index (χ3n) is 2.75. The van der Waals surface area contributed by atoms with Gasteiger partial charge in [-0.1, -0.05) is 6.92 Å². The van der Waals surface area contributed by atoms with Crippen molar-refractivity contribution in [1.29, 1.82) is 5.41 Å². The van der Waals surface area contributed by atoms with E-state index < -0.39 is 0 Å². The Morgan fingerprint density at radius 2 is 1.88 bits per heavy atom. The van der Waals surface area contributed by atoms with E-state index >= 15 is 0 Å². The Morgan fingerprint density at radius 3 is 2.41 bits per heavy atom. The summed E-state index contributed by atoms with van der Waals surface area (Å²) in [6, 6.07) is 6.50. The topological polar surface area (TPSA) is 28.8 Å². The highest BCUT2D eigenvalue weighted by Crippen LogP contribution is 2.26. The zero-order valence-electron chi connectivity index (χ0n) is 9.96. The summed E-state index contributed by atoms with van der Waals surface area (Å²) in [6.07, 6.45) is 0.899. The number of nitrogens with one attached hydrogen (secondary N) is 1. The minimum Gasteiger partial charge on any atom is -0.317 e. The first-order valence-electron chi connectivity index (χ1n) is 5.70. The molecule has 0 amide bonds. The Bertz CT molecular complexity index is 566. The Kier molecular flexibility index (Phi) is 3.43. The second-order valence-corrected chi connectivity index (χ2v) is 4.87. The van der Waals surface area contributed by atoms with Crippen molar-refractivity contribution >= 4 is 11.3 Å².